The van der Waals surface area contributed by atoms with Gasteiger partial charge in [-0.15, -0.1) is 0 Å². The summed E-state index contributed by atoms with van der Waals surface area (Å²) in [6.45, 7) is 3.09. The van der Waals surface area contributed by atoms with Gasteiger partial charge in [0.1, 0.15) is 11.6 Å². The molecule has 5 aromatic rings. The maximum Gasteiger partial charge on any atom is 0.259 e. The van der Waals surface area contributed by atoms with Crippen molar-refractivity contribution < 1.29 is 9.90 Å². The maximum atomic E-state index is 12.9. The van der Waals surface area contributed by atoms with Crippen LogP contribution in [0.25, 0.3) is 28.0 Å². The van der Waals surface area contributed by atoms with Crippen LogP contribution in [0.1, 0.15) is 40.4 Å². The summed E-state index contributed by atoms with van der Waals surface area (Å²) >= 11 is 0. The first-order valence-electron chi connectivity index (χ1n) is 12.6. The number of benzene rings is 1. The van der Waals surface area contributed by atoms with E-state index in [9.17, 15) is 9.90 Å². The summed E-state index contributed by atoms with van der Waals surface area (Å²) in [4.78, 5) is 28.4. The van der Waals surface area contributed by atoms with E-state index in [4.69, 9.17) is 10.7 Å². The largest absolute Gasteiger partial charge is 0.507 e. The Bertz CT molecular complexity index is 1620. The molecule has 1 saturated heterocycles. The number of nitrogens with two attached hydrogens (primary N) is 1. The molecule has 1 aromatic carbocycles. The first-order chi connectivity index (χ1) is 18.5. The Morgan fingerprint density at radius 3 is 2.50 bits per heavy atom. The van der Waals surface area contributed by atoms with Crippen LogP contribution in [-0.4, -0.2) is 53.6 Å². The predicted molar refractivity (Wildman–Crippen MR) is 145 cm³/mol. The number of hydrogen-bond donors (Lipinski definition) is 2. The quantitative estimate of drug-likeness (QED) is 0.369. The molecule has 0 atom stereocenters. The van der Waals surface area contributed by atoms with Gasteiger partial charge in [-0.1, -0.05) is 36.4 Å². The van der Waals surface area contributed by atoms with Crippen LogP contribution in [0.2, 0.25) is 0 Å². The van der Waals surface area contributed by atoms with Crippen molar-refractivity contribution in [3.8, 4) is 28.1 Å². The summed E-state index contributed by atoms with van der Waals surface area (Å²) in [6.07, 6.45) is 7.98. The molecule has 1 aliphatic heterocycles. The Morgan fingerprint density at radius 2 is 1.79 bits per heavy atom. The molecular weight excluding hydrogens is 478 g/mol. The molecule has 190 valence electrons. The zero-order chi connectivity index (χ0) is 26.2. The molecule has 4 aromatic heterocycles. The van der Waals surface area contributed by atoms with Crippen LogP contribution in [0, 0.1) is 6.92 Å². The van der Waals surface area contributed by atoms with Crippen LogP contribution in [0.3, 0.4) is 0 Å². The number of piperidine rings is 1. The lowest BCUT2D eigenvalue weighted by Crippen LogP contribution is -2.38. The van der Waals surface area contributed by atoms with E-state index < -0.39 is 0 Å². The zero-order valence-corrected chi connectivity index (χ0v) is 21.0. The van der Waals surface area contributed by atoms with Crippen LogP contribution in [0.15, 0.2) is 73.3 Å². The van der Waals surface area contributed by atoms with Gasteiger partial charge in [0.05, 0.1) is 23.1 Å². The van der Waals surface area contributed by atoms with Crippen LogP contribution >= 0.6 is 0 Å². The number of carbonyl (C=O) groups is 1. The van der Waals surface area contributed by atoms with Gasteiger partial charge in [0.15, 0.2) is 5.65 Å². The highest BCUT2D eigenvalue weighted by atomic mass is 16.3. The minimum Gasteiger partial charge on any atom is -0.507 e. The average molecular weight is 506 g/mol. The fourth-order valence-electron chi connectivity index (χ4n) is 5.13. The SMILES string of the molecule is Cc1c(C2CCN(C(=O)c3cnccc3O)CC2)nc2c(-c3ccc(-c4ccccc4)nc3)cnn2c1N. The number of amides is 1. The first kappa shape index (κ1) is 23.6. The van der Waals surface area contributed by atoms with Gasteiger partial charge in [0.2, 0.25) is 0 Å². The van der Waals surface area contributed by atoms with Gasteiger partial charge >= 0.3 is 0 Å². The van der Waals surface area contributed by atoms with Gasteiger partial charge in [-0.3, -0.25) is 14.8 Å². The van der Waals surface area contributed by atoms with Gasteiger partial charge in [-0.05, 0) is 31.9 Å². The molecule has 1 amide bonds. The average Bonchev–Trinajstić information content (AvgIpc) is 3.40. The van der Waals surface area contributed by atoms with Gasteiger partial charge in [-0.25, -0.2) is 4.98 Å². The van der Waals surface area contributed by atoms with E-state index >= 15 is 0 Å². The lowest BCUT2D eigenvalue weighted by molar-refractivity contribution is 0.0708. The number of carbonyl (C=O) groups excluding carboxylic acids is 1. The molecule has 6 rings (SSSR count). The first-order valence-corrected chi connectivity index (χ1v) is 12.6. The van der Waals surface area contributed by atoms with Crippen LogP contribution in [-0.2, 0) is 0 Å². The number of likely N-dealkylation sites (tertiary alicyclic amines) is 1. The monoisotopic (exact) mass is 505 g/mol. The number of nitrogen functional groups attached to an aromatic ring is 1. The number of aromatic nitrogens is 5. The number of pyridine rings is 2. The van der Waals surface area contributed by atoms with Crippen molar-refractivity contribution >= 4 is 17.4 Å². The van der Waals surface area contributed by atoms with Crippen molar-refractivity contribution in [2.45, 2.75) is 25.7 Å². The van der Waals surface area contributed by atoms with Crippen molar-refractivity contribution in [1.82, 2.24) is 29.5 Å². The van der Waals surface area contributed by atoms with Crippen LogP contribution in [0.4, 0.5) is 5.82 Å². The lowest BCUT2D eigenvalue weighted by atomic mass is 9.90. The van der Waals surface area contributed by atoms with Crippen molar-refractivity contribution in [3.05, 3.63) is 90.1 Å². The van der Waals surface area contributed by atoms with Crippen molar-refractivity contribution in [3.63, 3.8) is 0 Å². The highest BCUT2D eigenvalue weighted by Gasteiger charge is 2.29. The smallest absolute Gasteiger partial charge is 0.259 e. The number of fused-ring (bicyclic) bond motifs is 1. The van der Waals surface area contributed by atoms with Crippen molar-refractivity contribution in [2.24, 2.45) is 0 Å². The summed E-state index contributed by atoms with van der Waals surface area (Å²) in [5.41, 5.74) is 13.0. The third-order valence-corrected chi connectivity index (χ3v) is 7.31. The number of nitrogens with zero attached hydrogens (tertiary/aromatic N) is 6. The molecule has 0 radical (unpaired) electrons. The minimum atomic E-state index is -0.210. The molecule has 0 spiro atoms. The number of hydrogen-bond acceptors (Lipinski definition) is 7. The second-order valence-electron chi connectivity index (χ2n) is 9.56. The fourth-order valence-corrected chi connectivity index (χ4v) is 5.13. The van der Waals surface area contributed by atoms with Gasteiger partial charge in [0.25, 0.3) is 5.91 Å². The third-order valence-electron chi connectivity index (χ3n) is 7.31. The highest BCUT2D eigenvalue weighted by molar-refractivity contribution is 5.96. The lowest BCUT2D eigenvalue weighted by Gasteiger charge is -2.32. The second kappa shape index (κ2) is 9.59. The second-order valence-corrected chi connectivity index (χ2v) is 9.56. The standard InChI is InChI=1S/C29H27N7O2/c1-18-26(20-10-13-35(14-11-20)29(38)23-16-31-12-9-25(23)37)34-28-22(17-33-36(28)27(18)30)21-7-8-24(32-15-21)19-5-3-2-4-6-19/h2-9,12,15-17,20H,10-11,13-14,30H2,1H3,(H,31,37). The summed E-state index contributed by atoms with van der Waals surface area (Å²) in [5, 5.41) is 14.6. The third kappa shape index (κ3) is 4.11. The highest BCUT2D eigenvalue weighted by Crippen LogP contribution is 2.34. The molecule has 1 aliphatic rings. The molecule has 3 N–H and O–H groups in total. The molecule has 0 unspecified atom stereocenters. The Kier molecular flexibility index (Phi) is 5.95. The molecular formula is C29H27N7O2. The summed E-state index contributed by atoms with van der Waals surface area (Å²) in [7, 11) is 0. The molecule has 0 bridgehead atoms. The van der Waals surface area contributed by atoms with E-state index in [1.165, 1.54) is 18.5 Å². The van der Waals surface area contributed by atoms with E-state index in [2.05, 4.69) is 15.1 Å². The Labute approximate surface area is 219 Å². The molecule has 9 heteroatoms. The summed E-state index contributed by atoms with van der Waals surface area (Å²) in [5.74, 6) is 0.444. The Hall–Kier alpha value is -4.79. The van der Waals surface area contributed by atoms with Crippen LogP contribution < -0.4 is 5.73 Å². The predicted octanol–water partition coefficient (Wildman–Crippen LogP) is 4.47. The molecule has 1 fully saturated rings. The number of aromatic hydroxyl groups is 1. The molecule has 5 heterocycles. The molecule has 0 saturated carbocycles. The maximum absolute atomic E-state index is 12.9. The van der Waals surface area contributed by atoms with Crippen molar-refractivity contribution in [1.29, 1.82) is 0 Å². The Morgan fingerprint density at radius 1 is 1.00 bits per heavy atom. The summed E-state index contributed by atoms with van der Waals surface area (Å²) < 4.78 is 1.68. The number of rotatable bonds is 4. The van der Waals surface area contributed by atoms with E-state index in [-0.39, 0.29) is 23.1 Å². The van der Waals surface area contributed by atoms with Gasteiger partial charge < -0.3 is 15.7 Å². The van der Waals surface area contributed by atoms with E-state index in [1.54, 1.807) is 15.6 Å². The van der Waals surface area contributed by atoms with Crippen LogP contribution in [0.5, 0.6) is 5.75 Å². The minimum absolute atomic E-state index is 0.0533. The fraction of sp³-hybridized carbons (Fsp3) is 0.207. The molecule has 9 nitrogen and oxygen atoms in total. The van der Waals surface area contributed by atoms with Gasteiger partial charge in [-0.2, -0.15) is 9.61 Å². The van der Waals surface area contributed by atoms with Gasteiger partial charge in [0, 0.05) is 59.9 Å². The normalized spacial score (nSPS) is 14.2. The van der Waals surface area contributed by atoms with Crippen molar-refractivity contribution in [2.75, 3.05) is 18.8 Å². The summed E-state index contributed by atoms with van der Waals surface area (Å²) in [6, 6.07) is 15.5. The van der Waals surface area contributed by atoms with E-state index in [0.717, 1.165) is 46.5 Å². The van der Waals surface area contributed by atoms with E-state index in [0.29, 0.717) is 24.6 Å². The number of anilines is 1. The zero-order valence-electron chi connectivity index (χ0n) is 21.0. The Balaban J connectivity index is 1.27. The molecule has 38 heavy (non-hydrogen) atoms. The molecule has 0 aliphatic carbocycles. The topological polar surface area (TPSA) is 123 Å². The van der Waals surface area contributed by atoms with E-state index in [1.807, 2.05) is 55.6 Å².